The number of guanidine groups is 1. The van der Waals surface area contributed by atoms with E-state index in [0.29, 0.717) is 13.1 Å². The number of rotatable bonds is 8. The molecule has 7 heteroatoms. The van der Waals surface area contributed by atoms with Crippen molar-refractivity contribution in [3.05, 3.63) is 0 Å². The molecule has 3 unspecified atom stereocenters. The zero-order valence-electron chi connectivity index (χ0n) is 19.6. The first-order valence-corrected chi connectivity index (χ1v) is 11.4. The first-order valence-electron chi connectivity index (χ1n) is 11.4. The quantitative estimate of drug-likeness (QED) is 0.414. The molecule has 0 spiro atoms. The standard InChI is InChI=1S/C22H45N5O2/c1-7-23-20(25-16-22(6,28)17-26-8-10-29-11-9-26)24-15-21(4,5)27-13-18(2)12-19(3)14-27/h18-19,28H,7-17H2,1-6H3,(H2,23,24,25). The normalized spacial score (nSPS) is 27.5. The first-order chi connectivity index (χ1) is 13.6. The number of morpholine rings is 1. The summed E-state index contributed by atoms with van der Waals surface area (Å²) in [4.78, 5) is 9.72. The molecule has 2 aliphatic heterocycles. The van der Waals surface area contributed by atoms with Crippen molar-refractivity contribution in [2.75, 3.05) is 65.6 Å². The smallest absolute Gasteiger partial charge is 0.191 e. The van der Waals surface area contributed by atoms with E-state index in [-0.39, 0.29) is 5.54 Å². The number of nitrogens with one attached hydrogen (secondary N) is 2. The molecule has 3 N–H and O–H groups in total. The maximum atomic E-state index is 10.8. The molecule has 170 valence electrons. The highest BCUT2D eigenvalue weighted by atomic mass is 16.5. The second-order valence-electron chi connectivity index (χ2n) is 10.1. The zero-order chi connectivity index (χ0) is 21.5. The zero-order valence-corrected chi connectivity index (χ0v) is 19.6. The number of nitrogens with zero attached hydrogens (tertiary/aromatic N) is 3. The van der Waals surface area contributed by atoms with Gasteiger partial charge in [-0.1, -0.05) is 13.8 Å². The molecule has 2 saturated heterocycles. The second-order valence-corrected chi connectivity index (χ2v) is 10.1. The van der Waals surface area contributed by atoms with Crippen LogP contribution in [0.3, 0.4) is 0 Å². The largest absolute Gasteiger partial charge is 0.387 e. The van der Waals surface area contributed by atoms with Crippen molar-refractivity contribution >= 4 is 5.96 Å². The Morgan fingerprint density at radius 3 is 2.31 bits per heavy atom. The van der Waals surface area contributed by atoms with E-state index in [9.17, 15) is 5.11 Å². The molecular weight excluding hydrogens is 366 g/mol. The topological polar surface area (TPSA) is 72.4 Å². The van der Waals surface area contributed by atoms with Gasteiger partial charge < -0.3 is 20.5 Å². The third-order valence-electron chi connectivity index (χ3n) is 6.00. The Balaban J connectivity index is 1.90. The van der Waals surface area contributed by atoms with Gasteiger partial charge in [0.2, 0.25) is 0 Å². The van der Waals surface area contributed by atoms with E-state index in [1.54, 1.807) is 0 Å². The van der Waals surface area contributed by atoms with Gasteiger partial charge in [-0.15, -0.1) is 0 Å². The van der Waals surface area contributed by atoms with E-state index >= 15 is 0 Å². The first kappa shape index (κ1) is 24.4. The van der Waals surface area contributed by atoms with E-state index < -0.39 is 5.60 Å². The van der Waals surface area contributed by atoms with Gasteiger partial charge in [-0.05, 0) is 46.0 Å². The molecule has 0 aromatic rings. The van der Waals surface area contributed by atoms with Crippen molar-refractivity contribution in [1.82, 2.24) is 20.4 Å². The predicted octanol–water partition coefficient (Wildman–Crippen LogP) is 1.38. The van der Waals surface area contributed by atoms with Crippen LogP contribution in [0.25, 0.3) is 0 Å². The lowest BCUT2D eigenvalue weighted by molar-refractivity contribution is -0.0201. The molecule has 3 atom stereocenters. The predicted molar refractivity (Wildman–Crippen MR) is 120 cm³/mol. The van der Waals surface area contributed by atoms with Crippen molar-refractivity contribution in [3.8, 4) is 0 Å². The number of aliphatic hydroxyl groups is 1. The average molecular weight is 412 g/mol. The highest BCUT2D eigenvalue weighted by Gasteiger charge is 2.32. The van der Waals surface area contributed by atoms with Crippen LogP contribution < -0.4 is 10.6 Å². The molecule has 7 nitrogen and oxygen atoms in total. The Morgan fingerprint density at radius 2 is 1.72 bits per heavy atom. The van der Waals surface area contributed by atoms with Gasteiger partial charge in [0.05, 0.1) is 25.4 Å². The Labute approximate surface area is 178 Å². The molecular formula is C22H45N5O2. The van der Waals surface area contributed by atoms with Crippen LogP contribution in [0, 0.1) is 11.8 Å². The van der Waals surface area contributed by atoms with Gasteiger partial charge in [-0.3, -0.25) is 14.8 Å². The maximum absolute atomic E-state index is 10.8. The molecule has 2 rings (SSSR count). The fourth-order valence-corrected chi connectivity index (χ4v) is 4.44. The molecule has 0 amide bonds. The van der Waals surface area contributed by atoms with Gasteiger partial charge in [-0.25, -0.2) is 0 Å². The van der Waals surface area contributed by atoms with Gasteiger partial charge >= 0.3 is 0 Å². The van der Waals surface area contributed by atoms with Crippen molar-refractivity contribution < 1.29 is 9.84 Å². The molecule has 2 aliphatic rings. The summed E-state index contributed by atoms with van der Waals surface area (Å²) < 4.78 is 5.40. The summed E-state index contributed by atoms with van der Waals surface area (Å²) in [5.74, 6) is 2.26. The minimum absolute atomic E-state index is 0.0155. The molecule has 0 aromatic carbocycles. The van der Waals surface area contributed by atoms with Crippen LogP contribution >= 0.6 is 0 Å². The third kappa shape index (κ3) is 8.40. The minimum atomic E-state index is -0.819. The molecule has 29 heavy (non-hydrogen) atoms. The van der Waals surface area contributed by atoms with Gasteiger partial charge in [0, 0.05) is 51.4 Å². The van der Waals surface area contributed by atoms with E-state index in [0.717, 1.165) is 70.3 Å². The Hall–Kier alpha value is -0.890. The Kier molecular flexibility index (Phi) is 9.19. The summed E-state index contributed by atoms with van der Waals surface area (Å²) in [7, 11) is 0. The highest BCUT2D eigenvalue weighted by molar-refractivity contribution is 5.79. The van der Waals surface area contributed by atoms with Crippen LogP contribution in [0.4, 0.5) is 0 Å². The van der Waals surface area contributed by atoms with Gasteiger partial charge in [0.1, 0.15) is 0 Å². The molecule has 0 saturated carbocycles. The van der Waals surface area contributed by atoms with E-state index in [2.05, 4.69) is 55.1 Å². The van der Waals surface area contributed by atoms with Crippen LogP contribution in [0.1, 0.15) is 48.0 Å². The number of likely N-dealkylation sites (tertiary alicyclic amines) is 1. The molecule has 2 heterocycles. The number of hydrogen-bond donors (Lipinski definition) is 3. The average Bonchev–Trinajstić information content (AvgIpc) is 2.64. The van der Waals surface area contributed by atoms with Gasteiger partial charge in [-0.2, -0.15) is 0 Å². The summed E-state index contributed by atoms with van der Waals surface area (Å²) >= 11 is 0. The number of ether oxygens (including phenoxy) is 1. The summed E-state index contributed by atoms with van der Waals surface area (Å²) in [6.07, 6.45) is 1.32. The van der Waals surface area contributed by atoms with E-state index in [4.69, 9.17) is 9.73 Å². The highest BCUT2D eigenvalue weighted by Crippen LogP contribution is 2.27. The van der Waals surface area contributed by atoms with Crippen molar-refractivity contribution in [2.24, 2.45) is 16.8 Å². The van der Waals surface area contributed by atoms with Crippen molar-refractivity contribution in [3.63, 3.8) is 0 Å². The Morgan fingerprint density at radius 1 is 1.10 bits per heavy atom. The second kappa shape index (κ2) is 10.9. The molecule has 2 fully saturated rings. The van der Waals surface area contributed by atoms with Crippen LogP contribution in [-0.4, -0.2) is 97.6 Å². The van der Waals surface area contributed by atoms with Crippen LogP contribution in [-0.2, 0) is 4.74 Å². The van der Waals surface area contributed by atoms with Crippen LogP contribution in [0.5, 0.6) is 0 Å². The number of β-amino-alcohol motifs (C(OH)–C–C–N with tert-alkyl or cyclic N) is 1. The summed E-state index contributed by atoms with van der Waals surface area (Å²) in [5, 5.41) is 17.5. The fourth-order valence-electron chi connectivity index (χ4n) is 4.44. The summed E-state index contributed by atoms with van der Waals surface area (Å²) in [6, 6.07) is 0. The van der Waals surface area contributed by atoms with Crippen molar-refractivity contribution in [1.29, 1.82) is 0 Å². The third-order valence-corrected chi connectivity index (χ3v) is 6.00. The van der Waals surface area contributed by atoms with E-state index in [1.807, 2.05) is 6.92 Å². The van der Waals surface area contributed by atoms with E-state index in [1.165, 1.54) is 6.42 Å². The number of piperidine rings is 1. The summed E-state index contributed by atoms with van der Waals surface area (Å²) in [5.41, 5.74) is -0.803. The number of hydrogen-bond acceptors (Lipinski definition) is 5. The lowest BCUT2D eigenvalue weighted by Gasteiger charge is -2.44. The van der Waals surface area contributed by atoms with Gasteiger partial charge in [0.25, 0.3) is 0 Å². The fraction of sp³-hybridized carbons (Fsp3) is 0.955. The van der Waals surface area contributed by atoms with Crippen LogP contribution in [0.15, 0.2) is 4.99 Å². The van der Waals surface area contributed by atoms with Crippen molar-refractivity contribution in [2.45, 2.75) is 59.1 Å². The molecule has 0 aliphatic carbocycles. The molecule has 0 bridgehead atoms. The lowest BCUT2D eigenvalue weighted by atomic mass is 9.88. The van der Waals surface area contributed by atoms with Gasteiger partial charge in [0.15, 0.2) is 5.96 Å². The van der Waals surface area contributed by atoms with Crippen LogP contribution in [0.2, 0.25) is 0 Å². The molecule has 0 radical (unpaired) electrons. The monoisotopic (exact) mass is 411 g/mol. The lowest BCUT2D eigenvalue weighted by Crippen LogP contribution is -2.54. The number of aliphatic imine (C=N–C) groups is 1. The molecule has 0 aromatic heterocycles. The SMILES string of the molecule is CCNC(=NCC(C)(C)N1CC(C)CC(C)C1)NCC(C)(O)CN1CCOCC1. The maximum Gasteiger partial charge on any atom is 0.191 e. The summed E-state index contributed by atoms with van der Waals surface area (Å²) in [6.45, 7) is 21.4. The Bertz CT molecular complexity index is 507. The minimum Gasteiger partial charge on any atom is -0.387 e.